The van der Waals surface area contributed by atoms with Crippen molar-refractivity contribution in [1.82, 2.24) is 20.1 Å². The number of nitrogens with zero attached hydrogens (tertiary/aromatic N) is 4. The zero-order valence-electron chi connectivity index (χ0n) is 18.4. The summed E-state index contributed by atoms with van der Waals surface area (Å²) in [4.78, 5) is 21.9. The van der Waals surface area contributed by atoms with Crippen LogP contribution in [0.5, 0.6) is 0 Å². The molecule has 2 aliphatic rings. The van der Waals surface area contributed by atoms with E-state index in [4.69, 9.17) is 4.98 Å². The third-order valence-corrected chi connectivity index (χ3v) is 6.46. The molecule has 0 atom stereocenters. The minimum atomic E-state index is -0.0765. The van der Waals surface area contributed by atoms with Gasteiger partial charge < -0.3 is 15.1 Å². The standard InChI is InChI=1S/C26H24N6O/c1-31-10-12-32(13-11-31)24-9-7-18(16-27-24)25-21-15-17(6-8-23(21)29-30-25)14-20-19-4-2-3-5-22(19)28-26(20)33/h2-9,14-16H,10-13H2,1H3,(H,28,33)(H,29,30)/b20-14-. The molecule has 1 amide bonds. The van der Waals surface area contributed by atoms with Crippen LogP contribution in [-0.2, 0) is 4.79 Å². The highest BCUT2D eigenvalue weighted by Crippen LogP contribution is 2.34. The number of carbonyl (C=O) groups excluding carboxylic acids is 1. The predicted octanol–water partition coefficient (Wildman–Crippen LogP) is 3.87. The predicted molar refractivity (Wildman–Crippen MR) is 132 cm³/mol. The molecule has 7 nitrogen and oxygen atoms in total. The van der Waals surface area contributed by atoms with Crippen LogP contribution in [0.3, 0.4) is 0 Å². The van der Waals surface area contributed by atoms with Crippen molar-refractivity contribution in [3.8, 4) is 11.3 Å². The Labute approximate surface area is 191 Å². The van der Waals surface area contributed by atoms with Crippen molar-refractivity contribution in [2.24, 2.45) is 0 Å². The van der Waals surface area contributed by atoms with Crippen LogP contribution >= 0.6 is 0 Å². The fourth-order valence-corrected chi connectivity index (χ4v) is 4.54. The van der Waals surface area contributed by atoms with E-state index < -0.39 is 0 Å². The first-order valence-corrected chi connectivity index (χ1v) is 11.2. The maximum Gasteiger partial charge on any atom is 0.256 e. The van der Waals surface area contributed by atoms with Crippen molar-refractivity contribution in [3.63, 3.8) is 0 Å². The second-order valence-electron chi connectivity index (χ2n) is 8.63. The summed E-state index contributed by atoms with van der Waals surface area (Å²) in [5.74, 6) is 0.926. The van der Waals surface area contributed by atoms with Crippen LogP contribution in [0, 0.1) is 0 Å². The van der Waals surface area contributed by atoms with Crippen LogP contribution in [-0.4, -0.2) is 59.2 Å². The lowest BCUT2D eigenvalue weighted by Gasteiger charge is -2.33. The number of hydrogen-bond donors (Lipinski definition) is 2. The molecule has 33 heavy (non-hydrogen) atoms. The van der Waals surface area contributed by atoms with Crippen LogP contribution in [0.1, 0.15) is 11.1 Å². The van der Waals surface area contributed by atoms with Gasteiger partial charge in [0.05, 0.1) is 5.52 Å². The van der Waals surface area contributed by atoms with Gasteiger partial charge in [-0.15, -0.1) is 0 Å². The molecule has 2 N–H and O–H groups in total. The van der Waals surface area contributed by atoms with Crippen LogP contribution < -0.4 is 10.2 Å². The SMILES string of the molecule is CN1CCN(c2ccc(-c3n[nH]c4ccc(/C=C5\C(=O)Nc6ccccc65)cc34)cn2)CC1. The monoisotopic (exact) mass is 436 g/mol. The van der Waals surface area contributed by atoms with Crippen molar-refractivity contribution in [3.05, 3.63) is 71.9 Å². The van der Waals surface area contributed by atoms with E-state index in [0.29, 0.717) is 5.57 Å². The minimum Gasteiger partial charge on any atom is -0.354 e. The number of fused-ring (bicyclic) bond motifs is 2. The molecule has 6 rings (SSSR count). The number of rotatable bonds is 3. The van der Waals surface area contributed by atoms with Gasteiger partial charge in [0, 0.05) is 60.1 Å². The lowest BCUT2D eigenvalue weighted by Crippen LogP contribution is -2.44. The number of hydrogen-bond acceptors (Lipinski definition) is 5. The first kappa shape index (κ1) is 19.7. The van der Waals surface area contributed by atoms with E-state index in [1.54, 1.807) is 0 Å². The second-order valence-corrected chi connectivity index (χ2v) is 8.63. The Balaban J connectivity index is 1.33. The normalized spacial score (nSPS) is 17.5. The number of aromatic nitrogens is 3. The molecule has 1 fully saturated rings. The maximum absolute atomic E-state index is 12.5. The highest BCUT2D eigenvalue weighted by molar-refractivity contribution is 6.35. The molecule has 7 heteroatoms. The summed E-state index contributed by atoms with van der Waals surface area (Å²) in [5, 5.41) is 11.6. The van der Waals surface area contributed by atoms with Crippen molar-refractivity contribution in [1.29, 1.82) is 0 Å². The van der Waals surface area contributed by atoms with Gasteiger partial charge in [0.25, 0.3) is 5.91 Å². The third-order valence-electron chi connectivity index (χ3n) is 6.46. The zero-order valence-corrected chi connectivity index (χ0v) is 18.4. The third kappa shape index (κ3) is 3.56. The van der Waals surface area contributed by atoms with Crippen molar-refractivity contribution >= 4 is 40.0 Å². The molecule has 0 spiro atoms. The van der Waals surface area contributed by atoms with E-state index in [1.807, 2.05) is 48.7 Å². The number of pyridine rings is 1. The van der Waals surface area contributed by atoms with Gasteiger partial charge in [-0.2, -0.15) is 5.10 Å². The molecule has 1 saturated heterocycles. The van der Waals surface area contributed by atoms with Gasteiger partial charge in [0.1, 0.15) is 11.5 Å². The Morgan fingerprint density at radius 3 is 2.67 bits per heavy atom. The Morgan fingerprint density at radius 1 is 1.00 bits per heavy atom. The second kappa shape index (κ2) is 7.86. The molecule has 2 aromatic heterocycles. The molecule has 2 aliphatic heterocycles. The molecule has 0 saturated carbocycles. The van der Waals surface area contributed by atoms with Crippen LogP contribution in [0.2, 0.25) is 0 Å². The van der Waals surface area contributed by atoms with Crippen LogP contribution in [0.15, 0.2) is 60.8 Å². The van der Waals surface area contributed by atoms with E-state index in [-0.39, 0.29) is 5.91 Å². The van der Waals surface area contributed by atoms with Gasteiger partial charge in [0.15, 0.2) is 0 Å². The quantitative estimate of drug-likeness (QED) is 0.477. The van der Waals surface area contributed by atoms with Crippen LogP contribution in [0.4, 0.5) is 11.5 Å². The van der Waals surface area contributed by atoms with Crippen LogP contribution in [0.25, 0.3) is 33.8 Å². The van der Waals surface area contributed by atoms with E-state index in [2.05, 4.69) is 50.6 Å². The van der Waals surface area contributed by atoms with Crippen molar-refractivity contribution in [2.75, 3.05) is 43.4 Å². The summed E-state index contributed by atoms with van der Waals surface area (Å²) in [6, 6.07) is 18.0. The number of H-pyrrole nitrogens is 1. The molecule has 4 aromatic rings. The summed E-state index contributed by atoms with van der Waals surface area (Å²) in [6.07, 6.45) is 3.83. The fourth-order valence-electron chi connectivity index (χ4n) is 4.54. The number of anilines is 2. The topological polar surface area (TPSA) is 77.1 Å². The highest BCUT2D eigenvalue weighted by atomic mass is 16.2. The summed E-state index contributed by atoms with van der Waals surface area (Å²) in [6.45, 7) is 4.08. The largest absolute Gasteiger partial charge is 0.354 e. The summed E-state index contributed by atoms with van der Waals surface area (Å²) in [7, 11) is 2.15. The lowest BCUT2D eigenvalue weighted by atomic mass is 10.0. The van der Waals surface area contributed by atoms with Gasteiger partial charge in [-0.3, -0.25) is 9.89 Å². The molecule has 0 radical (unpaired) electrons. The summed E-state index contributed by atoms with van der Waals surface area (Å²) in [5.41, 5.74) is 6.18. The summed E-state index contributed by atoms with van der Waals surface area (Å²) < 4.78 is 0. The average molecular weight is 437 g/mol. The number of para-hydroxylation sites is 1. The van der Waals surface area contributed by atoms with E-state index in [0.717, 1.165) is 71.0 Å². The first-order chi connectivity index (χ1) is 16.2. The van der Waals surface area contributed by atoms with E-state index in [1.165, 1.54) is 0 Å². The van der Waals surface area contributed by atoms with Gasteiger partial charge >= 0.3 is 0 Å². The maximum atomic E-state index is 12.5. The Kier molecular flexibility index (Phi) is 4.69. The van der Waals surface area contributed by atoms with Crippen molar-refractivity contribution < 1.29 is 4.79 Å². The molecule has 164 valence electrons. The van der Waals surface area contributed by atoms with E-state index >= 15 is 0 Å². The number of aromatic amines is 1. The van der Waals surface area contributed by atoms with Crippen molar-refractivity contribution in [2.45, 2.75) is 0 Å². The number of likely N-dealkylation sites (N-methyl/N-ethyl adjacent to an activating group) is 1. The number of piperazine rings is 1. The lowest BCUT2D eigenvalue weighted by molar-refractivity contribution is -0.110. The van der Waals surface area contributed by atoms with E-state index in [9.17, 15) is 4.79 Å². The average Bonchev–Trinajstić information content (AvgIpc) is 3.40. The van der Waals surface area contributed by atoms with Gasteiger partial charge in [-0.25, -0.2) is 4.98 Å². The molecule has 2 aromatic carbocycles. The Morgan fingerprint density at radius 2 is 1.85 bits per heavy atom. The first-order valence-electron chi connectivity index (χ1n) is 11.2. The molecular formula is C26H24N6O. The summed E-state index contributed by atoms with van der Waals surface area (Å²) >= 11 is 0. The number of carbonyl (C=O) groups is 1. The molecule has 0 aliphatic carbocycles. The fraction of sp³-hybridized carbons (Fsp3) is 0.192. The molecule has 0 bridgehead atoms. The molecule has 4 heterocycles. The molecular weight excluding hydrogens is 412 g/mol. The van der Waals surface area contributed by atoms with Gasteiger partial charge in [-0.1, -0.05) is 24.3 Å². The number of amides is 1. The minimum absolute atomic E-state index is 0.0765. The number of nitrogens with one attached hydrogen (secondary N) is 2. The Hall–Kier alpha value is -3.97. The molecule has 0 unspecified atom stereocenters. The number of benzene rings is 2. The zero-order chi connectivity index (χ0) is 22.4. The smallest absolute Gasteiger partial charge is 0.256 e. The Bertz CT molecular complexity index is 1380. The highest BCUT2D eigenvalue weighted by Gasteiger charge is 2.23. The van der Waals surface area contributed by atoms with Gasteiger partial charge in [0.2, 0.25) is 0 Å². The van der Waals surface area contributed by atoms with Gasteiger partial charge in [-0.05, 0) is 49.0 Å².